The van der Waals surface area contributed by atoms with E-state index in [1.807, 2.05) is 0 Å². The zero-order valence-electron chi connectivity index (χ0n) is 17.5. The number of alkyl halides is 3. The second kappa shape index (κ2) is 7.42. The van der Waals surface area contributed by atoms with Crippen molar-refractivity contribution < 1.29 is 24.1 Å². The lowest BCUT2D eigenvalue weighted by molar-refractivity contribution is -0.137. The highest BCUT2D eigenvalue weighted by atomic mass is 19.4. The van der Waals surface area contributed by atoms with Crippen molar-refractivity contribution >= 4 is 0 Å². The van der Waals surface area contributed by atoms with Gasteiger partial charge in [-0.2, -0.15) is 13.2 Å². The lowest BCUT2D eigenvalue weighted by atomic mass is 9.52. The molecule has 7 heteroatoms. The Hall–Kier alpha value is -1.89. The quantitative estimate of drug-likeness (QED) is 0.645. The zero-order chi connectivity index (χ0) is 21.6. The predicted octanol–water partition coefficient (Wildman–Crippen LogP) is 5.90. The molecule has 3 fully saturated rings. The highest BCUT2D eigenvalue weighted by Gasteiger charge is 2.51. The van der Waals surface area contributed by atoms with Crippen LogP contribution in [0.5, 0.6) is 0 Å². The summed E-state index contributed by atoms with van der Waals surface area (Å²) in [5, 5.41) is 17.7. The number of hydrogen-bond acceptors (Lipinski definition) is 4. The van der Waals surface area contributed by atoms with E-state index < -0.39 is 17.8 Å². The van der Waals surface area contributed by atoms with E-state index in [1.54, 1.807) is 6.92 Å². The Morgan fingerprint density at radius 2 is 1.79 bits per heavy atom. The van der Waals surface area contributed by atoms with Gasteiger partial charge < -0.3 is 9.52 Å². The van der Waals surface area contributed by atoms with E-state index in [9.17, 15) is 18.3 Å². The van der Waals surface area contributed by atoms with Gasteiger partial charge in [-0.15, -0.1) is 10.2 Å². The summed E-state index contributed by atoms with van der Waals surface area (Å²) in [7, 11) is 0. The number of benzene rings is 1. The van der Waals surface area contributed by atoms with Crippen LogP contribution in [0.2, 0.25) is 0 Å². The summed E-state index contributed by atoms with van der Waals surface area (Å²) in [5.41, 5.74) is -1.02. The molecule has 0 spiro atoms. The Morgan fingerprint density at radius 1 is 1.14 bits per heavy atom. The monoisotopic (exact) mass is 409 g/mol. The molecule has 0 amide bonds. The molecule has 5 rings (SSSR count). The molecule has 3 saturated carbocycles. The molecule has 2 aromatic rings. The van der Waals surface area contributed by atoms with Gasteiger partial charge in [0.05, 0.1) is 17.2 Å². The van der Waals surface area contributed by atoms with Crippen molar-refractivity contribution in [3.8, 4) is 11.5 Å². The topological polar surface area (TPSA) is 59.2 Å². The molecular weight excluding hydrogens is 381 g/mol. The minimum Gasteiger partial charge on any atom is -0.420 e. The average molecular weight is 409 g/mol. The fraction of sp³-hybridized carbons (Fsp3) is 0.636. The summed E-state index contributed by atoms with van der Waals surface area (Å²) in [5.74, 6) is 0.354. The summed E-state index contributed by atoms with van der Waals surface area (Å²) in [4.78, 5) is 0. The van der Waals surface area contributed by atoms with Crippen molar-refractivity contribution in [1.82, 2.24) is 10.2 Å². The molecule has 0 saturated heterocycles. The molecule has 3 aliphatic carbocycles. The molecule has 2 atom stereocenters. The van der Waals surface area contributed by atoms with Gasteiger partial charge in [0, 0.05) is 6.79 Å². The number of fused-ring (bicyclic) bond motifs is 3. The third kappa shape index (κ3) is 3.93. The van der Waals surface area contributed by atoms with Gasteiger partial charge in [0.25, 0.3) is 0 Å². The number of aromatic nitrogens is 2. The summed E-state index contributed by atoms with van der Waals surface area (Å²) < 4.78 is 54.2. The maximum Gasteiger partial charge on any atom is 0.417 e. The molecule has 3 aliphatic rings. The first kappa shape index (κ1) is 19.1. The molecular formula is C22H27F3N2O2. The van der Waals surface area contributed by atoms with Crippen molar-refractivity contribution in [3.05, 3.63) is 35.7 Å². The summed E-state index contributed by atoms with van der Waals surface area (Å²) in [6.07, 6.45) is 1.40. The SMILES string of the molecule is [2H]C(CC(C)O)CC12CCC(c3nnc(-c4ccccc4C(F)(F)F)o3)(CC1)CC2. The summed E-state index contributed by atoms with van der Waals surface area (Å²) in [6.45, 7) is 1.72. The predicted molar refractivity (Wildman–Crippen MR) is 102 cm³/mol. The Bertz CT molecular complexity index is 872. The third-order valence-electron chi connectivity index (χ3n) is 6.83. The maximum absolute atomic E-state index is 13.3. The lowest BCUT2D eigenvalue weighted by Crippen LogP contribution is -2.44. The van der Waals surface area contributed by atoms with E-state index in [0.29, 0.717) is 12.3 Å². The number of aliphatic hydroxyl groups excluding tert-OH is 1. The second-order valence-corrected chi connectivity index (χ2v) is 8.81. The van der Waals surface area contributed by atoms with E-state index in [2.05, 4.69) is 10.2 Å². The van der Waals surface area contributed by atoms with Gasteiger partial charge in [0.2, 0.25) is 11.8 Å². The van der Waals surface area contributed by atoms with Gasteiger partial charge in [-0.1, -0.05) is 18.5 Å². The summed E-state index contributed by atoms with van der Waals surface area (Å²) in [6, 6.07) is 5.27. The molecule has 1 heterocycles. The summed E-state index contributed by atoms with van der Waals surface area (Å²) >= 11 is 0. The first-order chi connectivity index (χ1) is 14.1. The molecule has 2 unspecified atom stereocenters. The van der Waals surface area contributed by atoms with Crippen molar-refractivity contribution in [2.75, 3.05) is 0 Å². The van der Waals surface area contributed by atoms with Crippen molar-refractivity contribution in [2.24, 2.45) is 5.41 Å². The van der Waals surface area contributed by atoms with E-state index in [-0.39, 0.29) is 28.7 Å². The molecule has 2 bridgehead atoms. The van der Waals surface area contributed by atoms with Gasteiger partial charge >= 0.3 is 6.18 Å². The molecule has 1 aromatic carbocycles. The van der Waals surface area contributed by atoms with Crippen LogP contribution in [-0.4, -0.2) is 21.4 Å². The molecule has 0 radical (unpaired) electrons. The standard InChI is InChI=1S/C22H27F3N2O2/c1-15(28)5-4-8-20-9-12-21(13-10-20,14-11-20)19-27-26-18(29-19)16-6-2-3-7-17(16)22(23,24)25/h2-3,6-7,15,28H,4-5,8-14H2,1H3/i4D. The van der Waals surface area contributed by atoms with E-state index >= 15 is 0 Å². The number of halogens is 3. The number of aliphatic hydroxyl groups is 1. The van der Waals surface area contributed by atoms with Gasteiger partial charge in [0.1, 0.15) is 0 Å². The van der Waals surface area contributed by atoms with Gasteiger partial charge in [-0.05, 0) is 75.8 Å². The second-order valence-electron chi connectivity index (χ2n) is 8.81. The highest BCUT2D eigenvalue weighted by Crippen LogP contribution is 2.59. The highest BCUT2D eigenvalue weighted by molar-refractivity contribution is 5.59. The van der Waals surface area contributed by atoms with Crippen LogP contribution in [0, 0.1) is 5.41 Å². The van der Waals surface area contributed by atoms with Crippen molar-refractivity contribution in [1.29, 1.82) is 0 Å². The van der Waals surface area contributed by atoms with Crippen LogP contribution in [0.3, 0.4) is 0 Å². The zero-order valence-corrected chi connectivity index (χ0v) is 16.5. The number of hydrogen-bond donors (Lipinski definition) is 1. The van der Waals surface area contributed by atoms with Crippen molar-refractivity contribution in [2.45, 2.75) is 82.4 Å². The van der Waals surface area contributed by atoms with Crippen LogP contribution in [-0.2, 0) is 11.6 Å². The van der Waals surface area contributed by atoms with E-state index in [1.165, 1.54) is 18.2 Å². The first-order valence-electron chi connectivity index (χ1n) is 10.8. The number of nitrogens with zero attached hydrogens (tertiary/aromatic N) is 2. The van der Waals surface area contributed by atoms with Crippen LogP contribution in [0.1, 0.15) is 77.5 Å². The van der Waals surface area contributed by atoms with E-state index in [0.717, 1.165) is 51.0 Å². The van der Waals surface area contributed by atoms with Crippen LogP contribution < -0.4 is 0 Å². The van der Waals surface area contributed by atoms with Gasteiger partial charge in [0.15, 0.2) is 0 Å². The van der Waals surface area contributed by atoms with E-state index in [4.69, 9.17) is 5.79 Å². The van der Waals surface area contributed by atoms with Gasteiger partial charge in [-0.25, -0.2) is 0 Å². The minimum absolute atomic E-state index is 0.0853. The molecule has 0 aliphatic heterocycles. The molecule has 158 valence electrons. The fourth-order valence-electron chi connectivity index (χ4n) is 4.98. The lowest BCUT2D eigenvalue weighted by Gasteiger charge is -2.52. The Labute approximate surface area is 169 Å². The Kier molecular flexibility index (Phi) is 4.88. The fourth-order valence-corrected chi connectivity index (χ4v) is 4.98. The molecule has 1 aromatic heterocycles. The first-order valence-corrected chi connectivity index (χ1v) is 10.2. The molecule has 1 N–H and O–H groups in total. The van der Waals surface area contributed by atoms with Crippen LogP contribution in [0.15, 0.2) is 28.7 Å². The molecule has 29 heavy (non-hydrogen) atoms. The molecule has 4 nitrogen and oxygen atoms in total. The minimum atomic E-state index is -4.49. The maximum atomic E-state index is 13.3. The smallest absolute Gasteiger partial charge is 0.417 e. The van der Waals surface area contributed by atoms with Crippen LogP contribution >= 0.6 is 0 Å². The normalized spacial score (nSPS) is 29.5. The van der Waals surface area contributed by atoms with Crippen LogP contribution in [0.4, 0.5) is 13.2 Å². The van der Waals surface area contributed by atoms with Crippen LogP contribution in [0.25, 0.3) is 11.5 Å². The average Bonchev–Trinajstić information content (AvgIpc) is 3.19. The third-order valence-corrected chi connectivity index (χ3v) is 6.83. The Balaban J connectivity index is 1.52. The van der Waals surface area contributed by atoms with Gasteiger partial charge in [-0.3, -0.25) is 0 Å². The van der Waals surface area contributed by atoms with Crippen molar-refractivity contribution in [3.63, 3.8) is 0 Å². The number of rotatable bonds is 6. The Morgan fingerprint density at radius 3 is 2.41 bits per heavy atom. The largest absolute Gasteiger partial charge is 0.420 e.